The predicted molar refractivity (Wildman–Crippen MR) is 48.7 cm³/mol. The molecule has 1 saturated heterocycles. The number of likely N-dealkylation sites (N-methyl/N-ethyl adjacent to an activating group) is 1. The van der Waals surface area contributed by atoms with E-state index in [2.05, 4.69) is 11.5 Å². The quantitative estimate of drug-likeness (QED) is 0.541. The summed E-state index contributed by atoms with van der Waals surface area (Å²) in [6, 6.07) is 2.07. The van der Waals surface area contributed by atoms with Crippen LogP contribution in [0.25, 0.3) is 0 Å². The number of likely N-dealkylation sites (tertiary alicyclic amines) is 1. The van der Waals surface area contributed by atoms with Gasteiger partial charge in [0.15, 0.2) is 0 Å². The van der Waals surface area contributed by atoms with Gasteiger partial charge in [0, 0.05) is 13.0 Å². The third-order valence-corrected chi connectivity index (χ3v) is 2.16. The van der Waals surface area contributed by atoms with E-state index in [1.165, 1.54) is 0 Å². The number of nitrogens with two attached hydrogens (primary N) is 1. The Balaban J connectivity index is 2.22. The molecule has 3 N–H and O–H groups in total. The number of carbonyl (C=O) groups excluding carboxylic acids is 1. The van der Waals surface area contributed by atoms with E-state index in [1.54, 1.807) is 0 Å². The number of nitriles is 1. The van der Waals surface area contributed by atoms with E-state index in [0.29, 0.717) is 13.0 Å². The Hall–Kier alpha value is -1.16. The van der Waals surface area contributed by atoms with Gasteiger partial charge >= 0.3 is 0 Å². The van der Waals surface area contributed by atoms with Crippen molar-refractivity contribution in [1.82, 2.24) is 10.4 Å². The van der Waals surface area contributed by atoms with Gasteiger partial charge in [0.05, 0.1) is 18.7 Å². The number of nitrogens with zero attached hydrogens (tertiary/aromatic N) is 2. The molecule has 2 atom stereocenters. The van der Waals surface area contributed by atoms with Gasteiger partial charge < -0.3 is 5.73 Å². The van der Waals surface area contributed by atoms with Crippen LogP contribution >= 0.6 is 0 Å². The van der Waals surface area contributed by atoms with Gasteiger partial charge in [0.1, 0.15) is 6.04 Å². The second kappa shape index (κ2) is 4.91. The summed E-state index contributed by atoms with van der Waals surface area (Å²) in [6.07, 6.45) is 0.600. The van der Waals surface area contributed by atoms with Gasteiger partial charge in [-0.25, -0.2) is 0 Å². The van der Waals surface area contributed by atoms with Crippen molar-refractivity contribution in [3.8, 4) is 6.07 Å². The highest BCUT2D eigenvalue weighted by Crippen LogP contribution is 2.16. The highest BCUT2D eigenvalue weighted by Gasteiger charge is 2.30. The molecule has 1 amide bonds. The number of hydroxylamine groups is 1. The largest absolute Gasteiger partial charge is 0.368 e. The maximum atomic E-state index is 10.4. The lowest BCUT2D eigenvalue weighted by molar-refractivity contribution is -0.121. The monoisotopic (exact) mass is 198 g/mol. The molecule has 0 saturated carbocycles. The van der Waals surface area contributed by atoms with Crippen molar-refractivity contribution in [3.05, 3.63) is 0 Å². The molecule has 6 nitrogen and oxygen atoms in total. The van der Waals surface area contributed by atoms with Gasteiger partial charge in [-0.2, -0.15) is 10.7 Å². The number of hydrogen-bond donors (Lipinski definition) is 2. The third kappa shape index (κ3) is 2.96. The minimum atomic E-state index is -0.465. The fourth-order valence-corrected chi connectivity index (χ4v) is 1.42. The minimum absolute atomic E-state index is 0.00255. The van der Waals surface area contributed by atoms with Gasteiger partial charge in [-0.3, -0.25) is 14.5 Å². The summed E-state index contributed by atoms with van der Waals surface area (Å²) in [4.78, 5) is 17.5. The average molecular weight is 198 g/mol. The van der Waals surface area contributed by atoms with Crippen LogP contribution in [0.2, 0.25) is 0 Å². The zero-order chi connectivity index (χ0) is 10.6. The number of carbonyl (C=O) groups is 1. The maximum Gasteiger partial charge on any atom is 0.233 e. The highest BCUT2D eigenvalue weighted by molar-refractivity contribution is 5.75. The van der Waals surface area contributed by atoms with Gasteiger partial charge in [0.2, 0.25) is 5.91 Å². The number of amides is 1. The first kappa shape index (κ1) is 10.9. The Morgan fingerprint density at radius 2 is 2.57 bits per heavy atom. The summed E-state index contributed by atoms with van der Waals surface area (Å²) in [6.45, 7) is 0.682. The topological polar surface area (TPSA) is 91.4 Å². The number of rotatable bonds is 4. The molecule has 0 aromatic carbocycles. The fraction of sp³-hybridized carbons (Fsp3) is 0.750. The lowest BCUT2D eigenvalue weighted by Crippen LogP contribution is -2.33. The average Bonchev–Trinajstić information content (AvgIpc) is 2.45. The van der Waals surface area contributed by atoms with E-state index < -0.39 is 5.91 Å². The Kier molecular flexibility index (Phi) is 3.83. The molecule has 1 rings (SSSR count). The van der Waals surface area contributed by atoms with Crippen LogP contribution < -0.4 is 11.2 Å². The smallest absolute Gasteiger partial charge is 0.233 e. The molecule has 0 bridgehead atoms. The number of nitrogens with one attached hydrogen (secondary N) is 1. The molecular formula is C8H14N4O2. The zero-order valence-corrected chi connectivity index (χ0v) is 8.06. The van der Waals surface area contributed by atoms with Crippen molar-refractivity contribution in [2.75, 3.05) is 20.1 Å². The summed E-state index contributed by atoms with van der Waals surface area (Å²) in [5.74, 6) is -0.465. The summed E-state index contributed by atoms with van der Waals surface area (Å²) in [5, 5.41) is 8.73. The third-order valence-electron chi connectivity index (χ3n) is 2.16. The van der Waals surface area contributed by atoms with E-state index in [4.69, 9.17) is 15.8 Å². The molecule has 0 radical (unpaired) electrons. The van der Waals surface area contributed by atoms with Crippen molar-refractivity contribution in [2.45, 2.75) is 18.6 Å². The second-order valence-corrected chi connectivity index (χ2v) is 3.35. The van der Waals surface area contributed by atoms with E-state index >= 15 is 0 Å². The minimum Gasteiger partial charge on any atom is -0.368 e. The Bertz CT molecular complexity index is 250. The van der Waals surface area contributed by atoms with Gasteiger partial charge in [-0.1, -0.05) is 0 Å². The van der Waals surface area contributed by atoms with E-state index in [9.17, 15) is 4.79 Å². The van der Waals surface area contributed by atoms with Crippen LogP contribution in [0, 0.1) is 11.3 Å². The SMILES string of the molecule is CN1C[C@H](ONCC(N)=O)C[C@H]1C#N. The molecule has 78 valence electrons. The van der Waals surface area contributed by atoms with E-state index in [0.717, 1.165) is 0 Å². The molecule has 0 aliphatic carbocycles. The van der Waals surface area contributed by atoms with Crippen molar-refractivity contribution < 1.29 is 9.63 Å². The molecule has 0 unspecified atom stereocenters. The Labute approximate surface area is 82.6 Å². The van der Waals surface area contributed by atoms with Crippen molar-refractivity contribution in [3.63, 3.8) is 0 Å². The molecule has 0 spiro atoms. The summed E-state index contributed by atoms with van der Waals surface area (Å²) < 4.78 is 0. The standard InChI is InChI=1S/C8H14N4O2/c1-12-5-7(2-6(12)3-9)14-11-4-8(10)13/h6-7,11H,2,4-5H2,1H3,(H2,10,13)/t6-,7+/m0/s1. The Morgan fingerprint density at radius 1 is 1.86 bits per heavy atom. The fourth-order valence-electron chi connectivity index (χ4n) is 1.42. The van der Waals surface area contributed by atoms with E-state index in [1.807, 2.05) is 11.9 Å². The first-order chi connectivity index (χ1) is 6.63. The number of primary amides is 1. The van der Waals surface area contributed by atoms with Gasteiger partial charge in [-0.05, 0) is 7.05 Å². The predicted octanol–water partition coefficient (Wildman–Crippen LogP) is -1.41. The van der Waals surface area contributed by atoms with Crippen molar-refractivity contribution >= 4 is 5.91 Å². The lowest BCUT2D eigenvalue weighted by atomic mass is 10.2. The van der Waals surface area contributed by atoms with Gasteiger partial charge in [0.25, 0.3) is 0 Å². The molecule has 1 aliphatic rings. The molecule has 0 aromatic rings. The molecular weight excluding hydrogens is 184 g/mol. The van der Waals surface area contributed by atoms with Crippen LogP contribution in [0.1, 0.15) is 6.42 Å². The molecule has 1 heterocycles. The number of hydrogen-bond acceptors (Lipinski definition) is 5. The van der Waals surface area contributed by atoms with Crippen LogP contribution in [-0.4, -0.2) is 43.1 Å². The molecule has 1 aliphatic heterocycles. The van der Waals surface area contributed by atoms with Crippen molar-refractivity contribution in [2.24, 2.45) is 5.73 Å². The van der Waals surface area contributed by atoms with Crippen LogP contribution in [-0.2, 0) is 9.63 Å². The van der Waals surface area contributed by atoms with Gasteiger partial charge in [-0.15, -0.1) is 0 Å². The van der Waals surface area contributed by atoms with Crippen LogP contribution in [0.5, 0.6) is 0 Å². The molecule has 1 fully saturated rings. The summed E-state index contributed by atoms with van der Waals surface area (Å²) in [5.41, 5.74) is 7.40. The normalized spacial score (nSPS) is 27.4. The van der Waals surface area contributed by atoms with Crippen LogP contribution in [0.3, 0.4) is 0 Å². The summed E-state index contributed by atoms with van der Waals surface area (Å²) in [7, 11) is 1.87. The summed E-state index contributed by atoms with van der Waals surface area (Å²) >= 11 is 0. The molecule has 0 aromatic heterocycles. The first-order valence-corrected chi connectivity index (χ1v) is 4.40. The van der Waals surface area contributed by atoms with Crippen LogP contribution in [0.15, 0.2) is 0 Å². The maximum absolute atomic E-state index is 10.4. The zero-order valence-electron chi connectivity index (χ0n) is 8.06. The molecule has 6 heteroatoms. The van der Waals surface area contributed by atoms with Crippen molar-refractivity contribution in [1.29, 1.82) is 5.26 Å². The second-order valence-electron chi connectivity index (χ2n) is 3.35. The Morgan fingerprint density at radius 3 is 3.07 bits per heavy atom. The molecule has 14 heavy (non-hydrogen) atoms. The lowest BCUT2D eigenvalue weighted by Gasteiger charge is -2.11. The first-order valence-electron chi connectivity index (χ1n) is 4.40. The highest BCUT2D eigenvalue weighted by atomic mass is 16.7. The van der Waals surface area contributed by atoms with Crippen LogP contribution in [0.4, 0.5) is 0 Å². The van der Waals surface area contributed by atoms with E-state index in [-0.39, 0.29) is 18.7 Å².